The second-order valence-corrected chi connectivity index (χ2v) is 4.80. The van der Waals surface area contributed by atoms with Gasteiger partial charge in [-0.3, -0.25) is 15.0 Å². The monoisotopic (exact) mass is 305 g/mol. The molecule has 0 radical (unpaired) electrons. The third-order valence-electron chi connectivity index (χ3n) is 2.77. The normalized spacial score (nSPS) is 10.1. The third kappa shape index (κ3) is 8.06. The van der Waals surface area contributed by atoms with Gasteiger partial charge in [0.05, 0.1) is 13.2 Å². The fraction of sp³-hybridized carbons (Fsp3) is 0.375. The smallest absolute Gasteiger partial charge is 0.321 e. The number of para-hydroxylation sites is 1. The Kier molecular flexibility index (Phi) is 8.37. The number of hydrogen-bond acceptors (Lipinski definition) is 4. The quantitative estimate of drug-likeness (QED) is 0.534. The van der Waals surface area contributed by atoms with Crippen LogP contribution in [0.2, 0.25) is 0 Å². The first kappa shape index (κ1) is 17.7. The molecule has 0 unspecified atom stereocenters. The second-order valence-electron chi connectivity index (χ2n) is 4.80. The van der Waals surface area contributed by atoms with Crippen LogP contribution < -0.4 is 15.4 Å². The molecule has 0 saturated heterocycles. The lowest BCUT2D eigenvalue weighted by atomic mass is 10.3. The number of urea groups is 1. The van der Waals surface area contributed by atoms with Gasteiger partial charge in [-0.1, -0.05) is 24.3 Å². The molecule has 120 valence electrons. The molecule has 0 aliphatic carbocycles. The van der Waals surface area contributed by atoms with E-state index in [1.165, 1.54) is 0 Å². The lowest BCUT2D eigenvalue weighted by Gasteiger charge is -2.16. The van der Waals surface area contributed by atoms with Crippen LogP contribution in [0.15, 0.2) is 43.0 Å². The van der Waals surface area contributed by atoms with E-state index in [9.17, 15) is 9.59 Å². The van der Waals surface area contributed by atoms with Crippen molar-refractivity contribution >= 4 is 11.9 Å². The van der Waals surface area contributed by atoms with Gasteiger partial charge in [-0.05, 0) is 25.6 Å². The number of nitrogens with one attached hydrogen (secondary N) is 2. The molecular weight excluding hydrogens is 282 g/mol. The summed E-state index contributed by atoms with van der Waals surface area (Å²) in [5, 5.41) is 4.73. The summed E-state index contributed by atoms with van der Waals surface area (Å²) in [5.41, 5.74) is 0. The molecule has 0 spiro atoms. The number of nitrogens with zero attached hydrogens (tertiary/aromatic N) is 1. The lowest BCUT2D eigenvalue weighted by Crippen LogP contribution is -2.44. The number of ether oxygens (including phenoxy) is 1. The minimum absolute atomic E-state index is 0.160. The predicted molar refractivity (Wildman–Crippen MR) is 85.8 cm³/mol. The Morgan fingerprint density at radius 2 is 2.05 bits per heavy atom. The summed E-state index contributed by atoms with van der Waals surface area (Å²) in [6.45, 7) is 5.24. The van der Waals surface area contributed by atoms with E-state index in [4.69, 9.17) is 4.74 Å². The Bertz CT molecular complexity index is 477. The van der Waals surface area contributed by atoms with Crippen molar-refractivity contribution in [3.05, 3.63) is 43.0 Å². The van der Waals surface area contributed by atoms with Gasteiger partial charge in [0.2, 0.25) is 5.91 Å². The van der Waals surface area contributed by atoms with E-state index >= 15 is 0 Å². The standard InChI is InChI=1S/C16H23N3O3/c1-3-10-17-16(21)18-15(20)13-19(2)11-7-12-22-14-8-5-4-6-9-14/h3-6,8-9H,1,7,10-13H2,2H3,(H2,17,18,20,21). The number of likely N-dealkylation sites (N-methyl/N-ethyl adjacent to an activating group) is 1. The van der Waals surface area contributed by atoms with Crippen LogP contribution >= 0.6 is 0 Å². The first-order valence-corrected chi connectivity index (χ1v) is 7.17. The van der Waals surface area contributed by atoms with Gasteiger partial charge in [0.15, 0.2) is 0 Å². The summed E-state index contributed by atoms with van der Waals surface area (Å²) in [6.07, 6.45) is 2.34. The van der Waals surface area contributed by atoms with Gasteiger partial charge in [0, 0.05) is 13.1 Å². The Hall–Kier alpha value is -2.34. The molecule has 0 bridgehead atoms. The van der Waals surface area contributed by atoms with Crippen LogP contribution in [0.5, 0.6) is 5.75 Å². The van der Waals surface area contributed by atoms with Gasteiger partial charge in [0.1, 0.15) is 5.75 Å². The molecule has 1 rings (SSSR count). The van der Waals surface area contributed by atoms with Crippen LogP contribution in [0.3, 0.4) is 0 Å². The Balaban J connectivity index is 2.12. The number of benzene rings is 1. The van der Waals surface area contributed by atoms with Crippen molar-refractivity contribution in [3.8, 4) is 5.75 Å². The summed E-state index contributed by atoms with van der Waals surface area (Å²) in [4.78, 5) is 24.7. The van der Waals surface area contributed by atoms with Gasteiger partial charge in [0.25, 0.3) is 0 Å². The molecule has 0 aliphatic heterocycles. The van der Waals surface area contributed by atoms with Crippen LogP contribution in [0.25, 0.3) is 0 Å². The fourth-order valence-corrected chi connectivity index (χ4v) is 1.74. The van der Waals surface area contributed by atoms with Crippen molar-refractivity contribution in [2.45, 2.75) is 6.42 Å². The molecule has 0 heterocycles. The molecule has 6 heteroatoms. The van der Waals surface area contributed by atoms with E-state index in [-0.39, 0.29) is 12.5 Å². The SMILES string of the molecule is C=CCNC(=O)NC(=O)CN(C)CCCOc1ccccc1. The van der Waals surface area contributed by atoms with Gasteiger partial charge in [-0.15, -0.1) is 6.58 Å². The van der Waals surface area contributed by atoms with Gasteiger partial charge in [-0.2, -0.15) is 0 Å². The third-order valence-corrected chi connectivity index (χ3v) is 2.77. The van der Waals surface area contributed by atoms with Crippen molar-refractivity contribution < 1.29 is 14.3 Å². The highest BCUT2D eigenvalue weighted by molar-refractivity contribution is 5.95. The number of carbonyl (C=O) groups is 2. The number of carbonyl (C=O) groups excluding carboxylic acids is 2. The molecule has 0 aliphatic rings. The molecule has 2 N–H and O–H groups in total. The molecule has 22 heavy (non-hydrogen) atoms. The Labute approximate surface area is 131 Å². The van der Waals surface area contributed by atoms with Crippen LogP contribution in [-0.2, 0) is 4.79 Å². The number of hydrogen-bond donors (Lipinski definition) is 2. The molecule has 0 atom stereocenters. The summed E-state index contributed by atoms with van der Waals surface area (Å²) in [5.74, 6) is 0.495. The minimum atomic E-state index is -0.509. The molecule has 6 nitrogen and oxygen atoms in total. The zero-order valence-corrected chi connectivity index (χ0v) is 12.9. The van der Waals surface area contributed by atoms with E-state index in [0.717, 1.165) is 12.2 Å². The van der Waals surface area contributed by atoms with Gasteiger partial charge >= 0.3 is 6.03 Å². The Morgan fingerprint density at radius 3 is 2.73 bits per heavy atom. The molecule has 0 fully saturated rings. The molecule has 3 amide bonds. The molecule has 0 saturated carbocycles. The molecule has 1 aromatic rings. The average molecular weight is 305 g/mol. The van der Waals surface area contributed by atoms with Crippen LogP contribution in [0.4, 0.5) is 4.79 Å². The number of imide groups is 1. The van der Waals surface area contributed by atoms with E-state index in [2.05, 4.69) is 17.2 Å². The van der Waals surface area contributed by atoms with Crippen molar-refractivity contribution in [1.82, 2.24) is 15.5 Å². The highest BCUT2D eigenvalue weighted by atomic mass is 16.5. The highest BCUT2D eigenvalue weighted by Gasteiger charge is 2.09. The van der Waals surface area contributed by atoms with Crippen LogP contribution in [-0.4, -0.2) is 50.1 Å². The fourth-order valence-electron chi connectivity index (χ4n) is 1.74. The molecule has 1 aromatic carbocycles. The van der Waals surface area contributed by atoms with Crippen LogP contribution in [0, 0.1) is 0 Å². The zero-order valence-electron chi connectivity index (χ0n) is 12.9. The largest absolute Gasteiger partial charge is 0.494 e. The maximum Gasteiger partial charge on any atom is 0.321 e. The maximum atomic E-state index is 11.6. The summed E-state index contributed by atoms with van der Waals surface area (Å²) in [6, 6.07) is 9.07. The summed E-state index contributed by atoms with van der Waals surface area (Å²) >= 11 is 0. The maximum absolute atomic E-state index is 11.6. The number of amides is 3. The molecular formula is C16H23N3O3. The van der Waals surface area contributed by atoms with Crippen molar-refractivity contribution in [1.29, 1.82) is 0 Å². The van der Waals surface area contributed by atoms with Crippen molar-refractivity contribution in [2.75, 3.05) is 33.3 Å². The Morgan fingerprint density at radius 1 is 1.32 bits per heavy atom. The first-order valence-electron chi connectivity index (χ1n) is 7.17. The molecule has 0 aromatic heterocycles. The van der Waals surface area contributed by atoms with E-state index in [1.54, 1.807) is 6.08 Å². The summed E-state index contributed by atoms with van der Waals surface area (Å²) < 4.78 is 5.57. The lowest BCUT2D eigenvalue weighted by molar-refractivity contribution is -0.120. The van der Waals surface area contributed by atoms with Gasteiger partial charge < -0.3 is 10.1 Å². The topological polar surface area (TPSA) is 70.7 Å². The first-order chi connectivity index (χ1) is 10.6. The van der Waals surface area contributed by atoms with E-state index < -0.39 is 6.03 Å². The second kappa shape index (κ2) is 10.4. The van der Waals surface area contributed by atoms with E-state index in [0.29, 0.717) is 19.7 Å². The minimum Gasteiger partial charge on any atom is -0.494 e. The summed E-state index contributed by atoms with van der Waals surface area (Å²) in [7, 11) is 1.82. The predicted octanol–water partition coefficient (Wildman–Crippen LogP) is 1.40. The van der Waals surface area contributed by atoms with Crippen molar-refractivity contribution in [3.63, 3.8) is 0 Å². The highest BCUT2D eigenvalue weighted by Crippen LogP contribution is 2.08. The van der Waals surface area contributed by atoms with Crippen molar-refractivity contribution in [2.24, 2.45) is 0 Å². The average Bonchev–Trinajstić information content (AvgIpc) is 2.50. The van der Waals surface area contributed by atoms with Crippen LogP contribution in [0.1, 0.15) is 6.42 Å². The zero-order chi connectivity index (χ0) is 16.2. The van der Waals surface area contributed by atoms with E-state index in [1.807, 2.05) is 42.3 Å². The number of rotatable bonds is 9. The van der Waals surface area contributed by atoms with Gasteiger partial charge in [-0.25, -0.2) is 4.79 Å².